The molecule has 19 heavy (non-hydrogen) atoms. The maximum Gasteiger partial charge on any atom is 0.164 e. The van der Waals surface area contributed by atoms with Crippen molar-refractivity contribution in [1.29, 1.82) is 0 Å². The van der Waals surface area contributed by atoms with Gasteiger partial charge < -0.3 is 9.32 Å². The highest BCUT2D eigenvalue weighted by Crippen LogP contribution is 2.23. The lowest BCUT2D eigenvalue weighted by atomic mass is 10.1. The average molecular weight is 257 g/mol. The number of aryl methyl sites for hydroxylation is 1. The quantitative estimate of drug-likeness (QED) is 0.763. The van der Waals surface area contributed by atoms with E-state index < -0.39 is 0 Å². The molecule has 0 aliphatic carbocycles. The Balaban J connectivity index is 2.26. The largest absolute Gasteiger partial charge is 0.469 e. The van der Waals surface area contributed by atoms with Crippen molar-refractivity contribution in [2.75, 3.05) is 11.9 Å². The number of furan rings is 1. The van der Waals surface area contributed by atoms with Gasteiger partial charge in [-0.05, 0) is 25.1 Å². The number of ketones is 1. The Hall–Kier alpha value is -2.03. The third kappa shape index (κ3) is 2.87. The average Bonchev–Trinajstić information content (AvgIpc) is 2.83. The van der Waals surface area contributed by atoms with Crippen LogP contribution in [-0.2, 0) is 6.54 Å². The molecule has 0 atom stereocenters. The minimum atomic E-state index is 0.173. The van der Waals surface area contributed by atoms with Crippen LogP contribution in [-0.4, -0.2) is 12.8 Å². The summed E-state index contributed by atoms with van der Waals surface area (Å²) >= 11 is 0. The molecule has 0 N–H and O–H groups in total. The first-order valence-corrected chi connectivity index (χ1v) is 6.49. The summed E-state index contributed by atoms with van der Waals surface area (Å²) in [5.41, 5.74) is 2.89. The zero-order valence-corrected chi connectivity index (χ0v) is 11.6. The number of benzene rings is 1. The van der Waals surface area contributed by atoms with E-state index in [2.05, 4.69) is 4.90 Å². The number of rotatable bonds is 5. The number of carbonyl (C=O) groups excluding carboxylic acids is 1. The van der Waals surface area contributed by atoms with Crippen molar-refractivity contribution >= 4 is 11.5 Å². The number of Topliss-reactive ketones (excluding diaryl/α,β-unsaturated/α-hetero) is 1. The summed E-state index contributed by atoms with van der Waals surface area (Å²) in [4.78, 5) is 14.0. The van der Waals surface area contributed by atoms with Crippen molar-refractivity contribution in [3.05, 3.63) is 53.5 Å². The van der Waals surface area contributed by atoms with E-state index >= 15 is 0 Å². The summed E-state index contributed by atoms with van der Waals surface area (Å²) in [6.07, 6.45) is 2.22. The maximum atomic E-state index is 12.0. The molecular weight excluding hydrogens is 238 g/mol. The summed E-state index contributed by atoms with van der Waals surface area (Å²) in [7, 11) is 1.99. The van der Waals surface area contributed by atoms with Crippen LogP contribution < -0.4 is 4.90 Å². The topological polar surface area (TPSA) is 33.5 Å². The molecule has 2 aromatic rings. The van der Waals surface area contributed by atoms with Crippen LogP contribution in [0.4, 0.5) is 5.69 Å². The van der Waals surface area contributed by atoms with E-state index in [1.807, 2.05) is 51.2 Å². The van der Waals surface area contributed by atoms with Crippen molar-refractivity contribution in [2.24, 2.45) is 0 Å². The Bertz CT molecular complexity index is 572. The summed E-state index contributed by atoms with van der Waals surface area (Å²) in [6, 6.07) is 9.71. The minimum Gasteiger partial charge on any atom is -0.469 e. The summed E-state index contributed by atoms with van der Waals surface area (Å²) in [6.45, 7) is 4.57. The van der Waals surface area contributed by atoms with Gasteiger partial charge in [-0.2, -0.15) is 0 Å². The van der Waals surface area contributed by atoms with E-state index in [1.54, 1.807) is 6.26 Å². The number of anilines is 1. The highest BCUT2D eigenvalue weighted by molar-refractivity contribution is 6.01. The second-order valence-corrected chi connectivity index (χ2v) is 4.65. The van der Waals surface area contributed by atoms with Crippen molar-refractivity contribution < 1.29 is 9.21 Å². The molecule has 0 aliphatic heterocycles. The predicted molar refractivity (Wildman–Crippen MR) is 76.6 cm³/mol. The Kier molecular flexibility index (Phi) is 4.05. The van der Waals surface area contributed by atoms with E-state index in [0.717, 1.165) is 29.1 Å². The Morgan fingerprint density at radius 1 is 1.26 bits per heavy atom. The molecule has 1 heterocycles. The van der Waals surface area contributed by atoms with Crippen LogP contribution in [0.1, 0.15) is 35.0 Å². The monoisotopic (exact) mass is 257 g/mol. The van der Waals surface area contributed by atoms with Gasteiger partial charge in [-0.3, -0.25) is 4.79 Å². The molecule has 3 nitrogen and oxygen atoms in total. The third-order valence-electron chi connectivity index (χ3n) is 3.31. The molecule has 100 valence electrons. The van der Waals surface area contributed by atoms with Gasteiger partial charge in [0.25, 0.3) is 0 Å². The second kappa shape index (κ2) is 5.74. The number of hydrogen-bond acceptors (Lipinski definition) is 3. The Morgan fingerprint density at radius 2 is 2.00 bits per heavy atom. The molecule has 0 amide bonds. The zero-order chi connectivity index (χ0) is 13.8. The van der Waals surface area contributed by atoms with Crippen LogP contribution >= 0.6 is 0 Å². The van der Waals surface area contributed by atoms with E-state index in [1.165, 1.54) is 0 Å². The van der Waals surface area contributed by atoms with Gasteiger partial charge in [-0.1, -0.05) is 19.1 Å². The number of nitrogens with zero attached hydrogens (tertiary/aromatic N) is 1. The fourth-order valence-corrected chi connectivity index (χ4v) is 2.15. The van der Waals surface area contributed by atoms with Gasteiger partial charge in [-0.15, -0.1) is 0 Å². The summed E-state index contributed by atoms with van der Waals surface area (Å²) in [5.74, 6) is 1.09. The smallest absolute Gasteiger partial charge is 0.164 e. The van der Waals surface area contributed by atoms with Crippen LogP contribution in [0.3, 0.4) is 0 Å². The van der Waals surface area contributed by atoms with Crippen LogP contribution in [0.2, 0.25) is 0 Å². The number of para-hydroxylation sites is 1. The van der Waals surface area contributed by atoms with Crippen molar-refractivity contribution in [2.45, 2.75) is 26.8 Å². The molecule has 2 rings (SSSR count). The van der Waals surface area contributed by atoms with Gasteiger partial charge in [0.05, 0.1) is 6.26 Å². The van der Waals surface area contributed by atoms with Gasteiger partial charge in [-0.25, -0.2) is 0 Å². The predicted octanol–water partition coefficient (Wildman–Crippen LogP) is 3.82. The molecule has 0 saturated carbocycles. The standard InChI is InChI=1S/C16H19NO2/c1-4-16(18)14-7-5-6-8-15(14)17(3)11-13-9-10-19-12(13)2/h5-10H,4,11H2,1-3H3. The molecule has 0 saturated heterocycles. The fraction of sp³-hybridized carbons (Fsp3) is 0.312. The third-order valence-corrected chi connectivity index (χ3v) is 3.31. The molecule has 0 bridgehead atoms. The molecule has 0 unspecified atom stereocenters. The van der Waals surface area contributed by atoms with Crippen molar-refractivity contribution in [3.8, 4) is 0 Å². The first-order chi connectivity index (χ1) is 9.13. The van der Waals surface area contributed by atoms with Crippen LogP contribution in [0.15, 0.2) is 41.0 Å². The molecule has 0 aliphatic rings. The van der Waals surface area contributed by atoms with Crippen LogP contribution in [0, 0.1) is 6.92 Å². The SMILES string of the molecule is CCC(=O)c1ccccc1N(C)Cc1ccoc1C. The Morgan fingerprint density at radius 3 is 2.63 bits per heavy atom. The van der Waals surface area contributed by atoms with E-state index in [0.29, 0.717) is 6.42 Å². The van der Waals surface area contributed by atoms with Crippen molar-refractivity contribution in [1.82, 2.24) is 0 Å². The lowest BCUT2D eigenvalue weighted by molar-refractivity contribution is 0.0988. The van der Waals surface area contributed by atoms with Gasteiger partial charge in [0.2, 0.25) is 0 Å². The summed E-state index contributed by atoms with van der Waals surface area (Å²) < 4.78 is 5.31. The first-order valence-electron chi connectivity index (χ1n) is 6.49. The molecular formula is C16H19NO2. The summed E-state index contributed by atoms with van der Waals surface area (Å²) in [5, 5.41) is 0. The number of carbonyl (C=O) groups is 1. The molecule has 1 aromatic carbocycles. The van der Waals surface area contributed by atoms with E-state index in [-0.39, 0.29) is 5.78 Å². The molecule has 3 heteroatoms. The van der Waals surface area contributed by atoms with Crippen LogP contribution in [0.25, 0.3) is 0 Å². The highest BCUT2D eigenvalue weighted by Gasteiger charge is 2.13. The maximum absolute atomic E-state index is 12.0. The Labute approximate surface area is 113 Å². The van der Waals surface area contributed by atoms with Gasteiger partial charge in [0.1, 0.15) is 5.76 Å². The molecule has 0 radical (unpaired) electrons. The fourth-order valence-electron chi connectivity index (χ4n) is 2.15. The second-order valence-electron chi connectivity index (χ2n) is 4.65. The lowest BCUT2D eigenvalue weighted by Gasteiger charge is -2.21. The normalized spacial score (nSPS) is 10.5. The van der Waals surface area contributed by atoms with Crippen molar-refractivity contribution in [3.63, 3.8) is 0 Å². The molecule has 1 aromatic heterocycles. The van der Waals surface area contributed by atoms with Gasteiger partial charge in [0.15, 0.2) is 5.78 Å². The molecule has 0 fully saturated rings. The minimum absolute atomic E-state index is 0.173. The van der Waals surface area contributed by atoms with E-state index in [4.69, 9.17) is 4.42 Å². The van der Waals surface area contributed by atoms with Gasteiger partial charge >= 0.3 is 0 Å². The van der Waals surface area contributed by atoms with E-state index in [9.17, 15) is 4.79 Å². The first kappa shape index (κ1) is 13.4. The highest BCUT2D eigenvalue weighted by atomic mass is 16.3. The lowest BCUT2D eigenvalue weighted by Crippen LogP contribution is -2.19. The number of hydrogen-bond donors (Lipinski definition) is 0. The van der Waals surface area contributed by atoms with Crippen LogP contribution in [0.5, 0.6) is 0 Å². The molecule has 0 spiro atoms. The van der Waals surface area contributed by atoms with Gasteiger partial charge in [0, 0.05) is 36.8 Å². The zero-order valence-electron chi connectivity index (χ0n) is 11.6.